The number of hydrogen-bond donors (Lipinski definition) is 1. The molecular formula is C32H29F3N4O2. The Balaban J connectivity index is 1.11. The first kappa shape index (κ1) is 27.0. The Hall–Kier alpha value is -4.24. The maximum Gasteiger partial charge on any atom is 0.258 e. The number of halogens is 3. The Kier molecular flexibility index (Phi) is 7.45. The zero-order chi connectivity index (χ0) is 28.5. The quantitative estimate of drug-likeness (QED) is 0.428. The summed E-state index contributed by atoms with van der Waals surface area (Å²) in [6.07, 6.45) is 9.67. The van der Waals surface area contributed by atoms with Crippen LogP contribution in [0.1, 0.15) is 51.9 Å². The highest BCUT2D eigenvalue weighted by Gasteiger charge is 2.24. The second-order valence-electron chi connectivity index (χ2n) is 10.8. The standard InChI is InChI=1S/C32H29F3N4O2/c33-26-7-9-38(10-8-26)17-20-1-3-22-13-24(14-23(22)11-20)28-15-27(4-6-31(28)40)37-32(41)25-16-36-39(19-25)18-21-2-5-29(34)30(35)12-21/h1-5,11-12,14-16,19,26H,6-10,13,17-18H2,(H,37,41). The van der Waals surface area contributed by atoms with Gasteiger partial charge in [0, 0.05) is 43.5 Å². The molecule has 0 radical (unpaired) electrons. The highest BCUT2D eigenvalue weighted by atomic mass is 19.2. The van der Waals surface area contributed by atoms with Crippen LogP contribution in [0.3, 0.4) is 0 Å². The first-order chi connectivity index (χ1) is 19.8. The lowest BCUT2D eigenvalue weighted by atomic mass is 9.93. The molecule has 1 fully saturated rings. The second kappa shape index (κ2) is 11.3. The number of carbonyl (C=O) groups is 2. The third-order valence-corrected chi connectivity index (χ3v) is 7.78. The fourth-order valence-electron chi connectivity index (χ4n) is 5.53. The van der Waals surface area contributed by atoms with Crippen LogP contribution in [-0.2, 0) is 24.3 Å². The van der Waals surface area contributed by atoms with E-state index in [1.165, 1.54) is 28.7 Å². The summed E-state index contributed by atoms with van der Waals surface area (Å²) in [6, 6.07) is 9.96. The molecule has 1 amide bonds. The van der Waals surface area contributed by atoms with Crippen LogP contribution >= 0.6 is 0 Å². The first-order valence-corrected chi connectivity index (χ1v) is 13.7. The molecule has 3 aromatic rings. The molecule has 1 aromatic heterocycles. The van der Waals surface area contributed by atoms with Crippen molar-refractivity contribution in [3.8, 4) is 0 Å². The van der Waals surface area contributed by atoms with E-state index in [9.17, 15) is 22.8 Å². The van der Waals surface area contributed by atoms with E-state index in [1.54, 1.807) is 12.2 Å². The lowest BCUT2D eigenvalue weighted by Crippen LogP contribution is -2.33. The van der Waals surface area contributed by atoms with Gasteiger partial charge in [-0.3, -0.25) is 19.2 Å². The van der Waals surface area contributed by atoms with Crippen LogP contribution in [0.2, 0.25) is 0 Å². The molecule has 6 rings (SSSR count). The summed E-state index contributed by atoms with van der Waals surface area (Å²) in [4.78, 5) is 28.0. The van der Waals surface area contributed by atoms with Gasteiger partial charge in [-0.05, 0) is 65.3 Å². The zero-order valence-corrected chi connectivity index (χ0v) is 22.4. The van der Waals surface area contributed by atoms with E-state index in [2.05, 4.69) is 33.5 Å². The predicted molar refractivity (Wildman–Crippen MR) is 148 cm³/mol. The summed E-state index contributed by atoms with van der Waals surface area (Å²) in [5.41, 5.74) is 6.25. The Morgan fingerprint density at radius 2 is 1.78 bits per heavy atom. The minimum Gasteiger partial charge on any atom is -0.322 e. The summed E-state index contributed by atoms with van der Waals surface area (Å²) < 4.78 is 41.7. The molecule has 1 aliphatic heterocycles. The van der Waals surface area contributed by atoms with Gasteiger partial charge < -0.3 is 5.32 Å². The normalized spacial score (nSPS) is 17.6. The fourth-order valence-corrected chi connectivity index (χ4v) is 5.53. The summed E-state index contributed by atoms with van der Waals surface area (Å²) >= 11 is 0. The number of carbonyl (C=O) groups excluding carboxylic acids is 2. The van der Waals surface area contributed by atoms with E-state index >= 15 is 0 Å². The van der Waals surface area contributed by atoms with Crippen molar-refractivity contribution in [2.45, 2.75) is 44.9 Å². The third kappa shape index (κ3) is 6.10. The molecular weight excluding hydrogens is 529 g/mol. The number of hydrogen-bond acceptors (Lipinski definition) is 4. The van der Waals surface area contributed by atoms with Crippen molar-refractivity contribution in [1.82, 2.24) is 20.0 Å². The summed E-state index contributed by atoms with van der Waals surface area (Å²) in [5.74, 6) is -2.25. The van der Waals surface area contributed by atoms with Gasteiger partial charge >= 0.3 is 0 Å². The highest BCUT2D eigenvalue weighted by Crippen LogP contribution is 2.33. The van der Waals surface area contributed by atoms with Crippen molar-refractivity contribution >= 4 is 17.8 Å². The van der Waals surface area contributed by atoms with Gasteiger partial charge in [-0.15, -0.1) is 0 Å². The number of allylic oxidation sites excluding steroid dienone is 4. The van der Waals surface area contributed by atoms with Crippen molar-refractivity contribution in [2.24, 2.45) is 0 Å². The molecule has 41 heavy (non-hydrogen) atoms. The molecule has 6 nitrogen and oxygen atoms in total. The van der Waals surface area contributed by atoms with Crippen LogP contribution < -0.4 is 5.32 Å². The van der Waals surface area contributed by atoms with Crippen LogP contribution in [0.25, 0.3) is 6.08 Å². The van der Waals surface area contributed by atoms with Crippen LogP contribution in [0.5, 0.6) is 0 Å². The number of nitrogens with zero attached hydrogens (tertiary/aromatic N) is 3. The van der Waals surface area contributed by atoms with Crippen molar-refractivity contribution in [3.63, 3.8) is 0 Å². The van der Waals surface area contributed by atoms with Crippen LogP contribution in [0.15, 0.2) is 77.8 Å². The summed E-state index contributed by atoms with van der Waals surface area (Å²) in [6.45, 7) is 2.48. The number of benzene rings is 2. The number of amides is 1. The average Bonchev–Trinajstić information content (AvgIpc) is 3.60. The van der Waals surface area contributed by atoms with E-state index in [1.807, 2.05) is 6.08 Å². The van der Waals surface area contributed by atoms with Crippen molar-refractivity contribution in [3.05, 3.63) is 117 Å². The molecule has 0 unspecified atom stereocenters. The summed E-state index contributed by atoms with van der Waals surface area (Å²) in [7, 11) is 0. The molecule has 0 bridgehead atoms. The van der Waals surface area contributed by atoms with Crippen molar-refractivity contribution in [1.29, 1.82) is 0 Å². The van der Waals surface area contributed by atoms with Gasteiger partial charge in [0.15, 0.2) is 17.4 Å². The van der Waals surface area contributed by atoms with Gasteiger partial charge in [0.05, 0.1) is 18.3 Å². The van der Waals surface area contributed by atoms with Crippen LogP contribution in [0.4, 0.5) is 13.2 Å². The van der Waals surface area contributed by atoms with E-state index in [-0.39, 0.29) is 24.7 Å². The Bertz CT molecular complexity index is 1610. The molecule has 1 saturated heterocycles. The van der Waals surface area contributed by atoms with E-state index < -0.39 is 17.8 Å². The van der Waals surface area contributed by atoms with Gasteiger partial charge in [0.25, 0.3) is 5.91 Å². The Morgan fingerprint density at radius 1 is 1.00 bits per heavy atom. The van der Waals surface area contributed by atoms with Crippen molar-refractivity contribution in [2.75, 3.05) is 13.1 Å². The lowest BCUT2D eigenvalue weighted by Gasteiger charge is -2.28. The number of ketones is 1. The third-order valence-electron chi connectivity index (χ3n) is 7.78. The monoisotopic (exact) mass is 558 g/mol. The number of aromatic nitrogens is 2. The first-order valence-electron chi connectivity index (χ1n) is 13.7. The highest BCUT2D eigenvalue weighted by molar-refractivity contribution is 6.04. The minimum absolute atomic E-state index is 0.00396. The topological polar surface area (TPSA) is 67.2 Å². The number of fused-ring (bicyclic) bond motifs is 1. The zero-order valence-electron chi connectivity index (χ0n) is 22.4. The number of nitrogens with one attached hydrogen (secondary N) is 1. The number of rotatable bonds is 7. The van der Waals surface area contributed by atoms with E-state index in [0.29, 0.717) is 41.7 Å². The molecule has 2 aromatic carbocycles. The SMILES string of the molecule is O=C1CC=C(NC(=O)c2cnn(Cc3ccc(F)c(F)c3)c2)C=C1C1=Cc2cc(CN3CCC(F)CC3)ccc2C1. The number of piperidine rings is 1. The van der Waals surface area contributed by atoms with Gasteiger partial charge in [0.2, 0.25) is 0 Å². The minimum atomic E-state index is -0.940. The smallest absolute Gasteiger partial charge is 0.258 e. The van der Waals surface area contributed by atoms with Crippen molar-refractivity contribution < 1.29 is 22.8 Å². The van der Waals surface area contributed by atoms with Gasteiger partial charge in [-0.1, -0.05) is 36.4 Å². The number of likely N-dealkylation sites (tertiary alicyclic amines) is 1. The predicted octanol–water partition coefficient (Wildman–Crippen LogP) is 5.30. The number of alkyl halides is 1. The Morgan fingerprint density at radius 3 is 2.59 bits per heavy atom. The molecule has 9 heteroatoms. The van der Waals surface area contributed by atoms with Gasteiger partial charge in [-0.2, -0.15) is 5.10 Å². The molecule has 1 N–H and O–H groups in total. The Labute approximate surface area is 235 Å². The maximum atomic E-state index is 13.5. The lowest BCUT2D eigenvalue weighted by molar-refractivity contribution is -0.114. The number of Topliss-reactive ketones (excluding diaryl/α,β-unsaturated/α-hetero) is 1. The largest absolute Gasteiger partial charge is 0.322 e. The van der Waals surface area contributed by atoms with Crippen LogP contribution in [0, 0.1) is 11.6 Å². The molecule has 0 saturated carbocycles. The molecule has 210 valence electrons. The summed E-state index contributed by atoms with van der Waals surface area (Å²) in [5, 5.41) is 7.01. The van der Waals surface area contributed by atoms with E-state index in [4.69, 9.17) is 0 Å². The van der Waals surface area contributed by atoms with E-state index in [0.717, 1.165) is 48.5 Å². The second-order valence-corrected chi connectivity index (χ2v) is 10.8. The molecule has 3 aliphatic rings. The molecule has 0 spiro atoms. The maximum absolute atomic E-state index is 13.5. The average molecular weight is 559 g/mol. The molecule has 2 aliphatic carbocycles. The molecule has 0 atom stereocenters. The van der Waals surface area contributed by atoms with Gasteiger partial charge in [0.1, 0.15) is 6.17 Å². The molecule has 2 heterocycles. The van der Waals surface area contributed by atoms with Crippen LogP contribution in [-0.4, -0.2) is 45.6 Å². The fraction of sp³-hybridized carbons (Fsp3) is 0.281. The van der Waals surface area contributed by atoms with Gasteiger partial charge in [-0.25, -0.2) is 13.2 Å².